The molecule has 9 heteroatoms. The van der Waals surface area contributed by atoms with Crippen LogP contribution >= 0.6 is 7.82 Å². The highest BCUT2D eigenvalue weighted by atomic mass is 31.2. The van der Waals surface area contributed by atoms with Gasteiger partial charge in [0.1, 0.15) is 11.3 Å². The van der Waals surface area contributed by atoms with Gasteiger partial charge in [-0.15, -0.1) is 0 Å². The second-order valence-electron chi connectivity index (χ2n) is 9.20. The number of nitrogens with two attached hydrogens (primary N) is 1. The molecule has 3 aromatic rings. The molecule has 3 aromatic carbocycles. The van der Waals surface area contributed by atoms with Crippen molar-refractivity contribution in [1.29, 1.82) is 0 Å². The SMILES string of the molecule is CC(C)c1cc(NC(=O)[C@@](C)(N)COP(=O)(O)O)ccc1OCCc1ccc(-c2ccccc2)cc1. The predicted octanol–water partition coefficient (Wildman–Crippen LogP) is 4.86. The van der Waals surface area contributed by atoms with Crippen LogP contribution in [-0.2, 0) is 20.3 Å². The van der Waals surface area contributed by atoms with E-state index in [1.807, 2.05) is 38.1 Å². The zero-order valence-electron chi connectivity index (χ0n) is 20.7. The highest BCUT2D eigenvalue weighted by molar-refractivity contribution is 7.46. The van der Waals surface area contributed by atoms with Crippen molar-refractivity contribution in [1.82, 2.24) is 0 Å². The van der Waals surface area contributed by atoms with Gasteiger partial charge in [-0.2, -0.15) is 0 Å². The molecule has 0 saturated heterocycles. The zero-order valence-corrected chi connectivity index (χ0v) is 21.6. The van der Waals surface area contributed by atoms with E-state index in [2.05, 4.69) is 46.2 Å². The first-order valence-corrected chi connectivity index (χ1v) is 13.2. The van der Waals surface area contributed by atoms with Crippen molar-refractivity contribution in [3.8, 4) is 16.9 Å². The van der Waals surface area contributed by atoms with Crippen molar-refractivity contribution in [3.63, 3.8) is 0 Å². The number of nitrogens with one attached hydrogen (secondary N) is 1. The quantitative estimate of drug-likeness (QED) is 0.270. The molecule has 0 aliphatic heterocycles. The first kappa shape index (κ1) is 27.6. The Morgan fingerprint density at radius 1 is 1.03 bits per heavy atom. The van der Waals surface area contributed by atoms with Gasteiger partial charge < -0.3 is 25.6 Å². The summed E-state index contributed by atoms with van der Waals surface area (Å²) in [5.74, 6) is 0.229. The van der Waals surface area contributed by atoms with Gasteiger partial charge in [0.2, 0.25) is 5.91 Å². The van der Waals surface area contributed by atoms with E-state index in [0.717, 1.165) is 17.7 Å². The molecule has 192 valence electrons. The summed E-state index contributed by atoms with van der Waals surface area (Å²) in [6.07, 6.45) is 0.746. The smallest absolute Gasteiger partial charge is 0.469 e. The van der Waals surface area contributed by atoms with Gasteiger partial charge in [0.25, 0.3) is 0 Å². The third kappa shape index (κ3) is 8.01. The topological polar surface area (TPSA) is 131 Å². The van der Waals surface area contributed by atoms with Crippen molar-refractivity contribution in [3.05, 3.63) is 83.9 Å². The van der Waals surface area contributed by atoms with Crippen LogP contribution in [0.5, 0.6) is 5.75 Å². The summed E-state index contributed by atoms with van der Waals surface area (Å²) >= 11 is 0. The molecular weight excluding hydrogens is 479 g/mol. The molecule has 8 nitrogen and oxygen atoms in total. The van der Waals surface area contributed by atoms with Crippen LogP contribution in [0.1, 0.15) is 37.8 Å². The summed E-state index contributed by atoms with van der Waals surface area (Å²) in [7, 11) is -4.74. The molecule has 0 unspecified atom stereocenters. The Bertz CT molecular complexity index is 1210. The van der Waals surface area contributed by atoms with Gasteiger partial charge in [0, 0.05) is 12.1 Å². The van der Waals surface area contributed by atoms with E-state index >= 15 is 0 Å². The molecule has 0 bridgehead atoms. The number of anilines is 1. The van der Waals surface area contributed by atoms with E-state index in [4.69, 9.17) is 20.3 Å². The Morgan fingerprint density at radius 3 is 2.28 bits per heavy atom. The summed E-state index contributed by atoms with van der Waals surface area (Å²) < 4.78 is 21.4. The molecule has 3 rings (SSSR count). The van der Waals surface area contributed by atoms with Crippen LogP contribution in [0, 0.1) is 0 Å². The fourth-order valence-corrected chi connectivity index (χ4v) is 3.98. The number of carbonyl (C=O) groups is 1. The Morgan fingerprint density at radius 2 is 1.67 bits per heavy atom. The lowest BCUT2D eigenvalue weighted by atomic mass is 10.0. The molecule has 0 spiro atoms. The molecule has 5 N–H and O–H groups in total. The van der Waals surface area contributed by atoms with Crippen LogP contribution in [0.15, 0.2) is 72.8 Å². The average Bonchev–Trinajstić information content (AvgIpc) is 2.84. The van der Waals surface area contributed by atoms with E-state index in [1.54, 1.807) is 12.1 Å². The fraction of sp³-hybridized carbons (Fsp3) is 0.296. The van der Waals surface area contributed by atoms with Gasteiger partial charge in [0.05, 0.1) is 13.2 Å². The number of phosphoric ester groups is 1. The number of hydrogen-bond donors (Lipinski definition) is 4. The first-order valence-electron chi connectivity index (χ1n) is 11.7. The normalized spacial score (nSPS) is 13.3. The Balaban J connectivity index is 1.61. The molecule has 1 atom stereocenters. The summed E-state index contributed by atoms with van der Waals surface area (Å²) in [5.41, 5.74) is 9.20. The molecule has 0 heterocycles. The Labute approximate surface area is 211 Å². The minimum atomic E-state index is -4.74. The van der Waals surface area contributed by atoms with Gasteiger partial charge >= 0.3 is 7.82 Å². The number of rotatable bonds is 11. The van der Waals surface area contributed by atoms with Gasteiger partial charge in [-0.1, -0.05) is 68.4 Å². The van der Waals surface area contributed by atoms with E-state index < -0.39 is 25.9 Å². The molecule has 0 fully saturated rings. The number of carbonyl (C=O) groups excluding carboxylic acids is 1. The zero-order chi connectivity index (χ0) is 26.3. The van der Waals surface area contributed by atoms with Crippen molar-refractivity contribution in [2.45, 2.75) is 38.6 Å². The summed E-state index contributed by atoms with van der Waals surface area (Å²) in [6, 6.07) is 24.0. The molecule has 36 heavy (non-hydrogen) atoms. The van der Waals surface area contributed by atoms with Crippen molar-refractivity contribution < 1.29 is 28.4 Å². The summed E-state index contributed by atoms with van der Waals surface area (Å²) in [5, 5.41) is 2.69. The van der Waals surface area contributed by atoms with Crippen molar-refractivity contribution in [2.75, 3.05) is 18.5 Å². The molecule has 0 radical (unpaired) electrons. The lowest BCUT2D eigenvalue weighted by molar-refractivity contribution is -0.121. The maximum absolute atomic E-state index is 12.6. The standard InChI is InChI=1S/C27H33N2O6P/c1-19(2)24-17-23(29-26(30)27(3,28)18-35-36(31,32)33)13-14-25(24)34-16-15-20-9-11-22(12-10-20)21-7-5-4-6-8-21/h4-14,17,19H,15-16,18,28H2,1-3H3,(H,29,30)(H2,31,32,33)/t27-/m0/s1. The molecule has 0 saturated carbocycles. The van der Waals surface area contributed by atoms with E-state index in [9.17, 15) is 9.36 Å². The third-order valence-electron chi connectivity index (χ3n) is 5.65. The lowest BCUT2D eigenvalue weighted by Gasteiger charge is -2.24. The highest BCUT2D eigenvalue weighted by Crippen LogP contribution is 2.36. The van der Waals surface area contributed by atoms with Crippen molar-refractivity contribution >= 4 is 19.4 Å². The number of amides is 1. The fourth-order valence-electron chi connectivity index (χ4n) is 3.54. The third-order valence-corrected chi connectivity index (χ3v) is 6.12. The lowest BCUT2D eigenvalue weighted by Crippen LogP contribution is -2.52. The van der Waals surface area contributed by atoms with Gasteiger partial charge in [-0.3, -0.25) is 9.32 Å². The van der Waals surface area contributed by atoms with Gasteiger partial charge in [0.15, 0.2) is 0 Å². The molecule has 1 amide bonds. The minimum absolute atomic E-state index is 0.129. The minimum Gasteiger partial charge on any atom is -0.493 e. The Kier molecular flexibility index (Phi) is 9.06. The monoisotopic (exact) mass is 512 g/mol. The van der Waals surface area contributed by atoms with E-state index in [-0.39, 0.29) is 5.92 Å². The second kappa shape index (κ2) is 11.8. The predicted molar refractivity (Wildman–Crippen MR) is 141 cm³/mol. The average molecular weight is 513 g/mol. The number of ether oxygens (including phenoxy) is 1. The highest BCUT2D eigenvalue weighted by Gasteiger charge is 2.32. The van der Waals surface area contributed by atoms with Crippen LogP contribution in [0.4, 0.5) is 5.69 Å². The first-order chi connectivity index (χ1) is 16.9. The van der Waals surface area contributed by atoms with Crippen LogP contribution in [0.2, 0.25) is 0 Å². The van der Waals surface area contributed by atoms with Crippen LogP contribution in [-0.4, -0.2) is 34.4 Å². The van der Waals surface area contributed by atoms with Crippen LogP contribution in [0.3, 0.4) is 0 Å². The summed E-state index contributed by atoms with van der Waals surface area (Å²) in [4.78, 5) is 30.3. The second-order valence-corrected chi connectivity index (χ2v) is 10.4. The summed E-state index contributed by atoms with van der Waals surface area (Å²) in [6.45, 7) is 5.25. The van der Waals surface area contributed by atoms with E-state index in [1.165, 1.54) is 23.6 Å². The molecule has 0 aromatic heterocycles. The molecule has 0 aliphatic rings. The van der Waals surface area contributed by atoms with Crippen LogP contribution < -0.4 is 15.8 Å². The van der Waals surface area contributed by atoms with Crippen LogP contribution in [0.25, 0.3) is 11.1 Å². The van der Waals surface area contributed by atoms with Crippen molar-refractivity contribution in [2.24, 2.45) is 5.73 Å². The van der Waals surface area contributed by atoms with Gasteiger partial charge in [-0.05, 0) is 53.3 Å². The number of phosphoric acid groups is 1. The Hall–Kier alpha value is -3.00. The maximum Gasteiger partial charge on any atom is 0.469 e. The largest absolute Gasteiger partial charge is 0.493 e. The van der Waals surface area contributed by atoms with E-state index in [0.29, 0.717) is 12.3 Å². The molecular formula is C27H33N2O6P. The number of benzene rings is 3. The maximum atomic E-state index is 12.6. The van der Waals surface area contributed by atoms with Gasteiger partial charge in [-0.25, -0.2) is 4.57 Å². The number of hydrogen-bond acceptors (Lipinski definition) is 5. The molecule has 0 aliphatic carbocycles.